The van der Waals surface area contributed by atoms with Crippen molar-refractivity contribution in [3.05, 3.63) is 156 Å². The fourth-order valence-electron chi connectivity index (χ4n) is 6.53. The average Bonchev–Trinajstić information content (AvgIpc) is 3.60. The number of nitrogens with zero attached hydrogens (tertiary/aromatic N) is 3. The minimum atomic E-state index is -0.872. The highest BCUT2D eigenvalue weighted by molar-refractivity contribution is 7.07. The molecule has 0 spiro atoms. The Morgan fingerprint density at radius 2 is 1.66 bits per heavy atom. The highest BCUT2D eigenvalue weighted by atomic mass is 32.1. The predicted molar refractivity (Wildman–Crippen MR) is 193 cm³/mol. The van der Waals surface area contributed by atoms with E-state index in [2.05, 4.69) is 4.57 Å². The van der Waals surface area contributed by atoms with Gasteiger partial charge in [0.1, 0.15) is 5.82 Å². The van der Waals surface area contributed by atoms with Crippen LogP contribution in [0, 0.1) is 12.7 Å². The van der Waals surface area contributed by atoms with Gasteiger partial charge in [0.05, 0.1) is 42.7 Å². The molecule has 0 fully saturated rings. The Bertz CT molecular complexity index is 2460. The molecule has 0 saturated heterocycles. The molecule has 0 aliphatic carbocycles. The number of hydrogen-bond donors (Lipinski definition) is 0. The Morgan fingerprint density at radius 1 is 0.940 bits per heavy atom. The minimum absolute atomic E-state index is 0.148. The molecule has 1 atom stereocenters. The Hall–Kier alpha value is -5.74. The first-order valence-corrected chi connectivity index (χ1v) is 17.0. The topological polar surface area (TPSA) is 84.1 Å². The summed E-state index contributed by atoms with van der Waals surface area (Å²) in [5, 5.41) is 0.978. The molecule has 50 heavy (non-hydrogen) atoms. The van der Waals surface area contributed by atoms with Crippen molar-refractivity contribution in [2.45, 2.75) is 26.4 Å². The molecule has 0 amide bonds. The van der Waals surface area contributed by atoms with Crippen LogP contribution in [0.1, 0.15) is 40.9 Å². The molecular formula is C40H34FN3O5S. The van der Waals surface area contributed by atoms with E-state index in [1.807, 2.05) is 73.7 Å². The van der Waals surface area contributed by atoms with E-state index in [1.54, 1.807) is 50.0 Å². The van der Waals surface area contributed by atoms with Gasteiger partial charge in [-0.25, -0.2) is 14.2 Å². The maximum Gasteiger partial charge on any atom is 0.338 e. The van der Waals surface area contributed by atoms with Crippen molar-refractivity contribution in [2.24, 2.45) is 4.99 Å². The van der Waals surface area contributed by atoms with E-state index in [0.29, 0.717) is 38.6 Å². The number of fused-ring (bicyclic) bond motifs is 2. The van der Waals surface area contributed by atoms with E-state index in [-0.39, 0.29) is 23.6 Å². The molecule has 0 saturated carbocycles. The zero-order valence-electron chi connectivity index (χ0n) is 28.0. The smallest absolute Gasteiger partial charge is 0.338 e. The first-order valence-electron chi connectivity index (χ1n) is 16.2. The number of benzene rings is 4. The van der Waals surface area contributed by atoms with Crippen molar-refractivity contribution in [1.82, 2.24) is 9.13 Å². The fourth-order valence-corrected chi connectivity index (χ4v) is 7.51. The lowest BCUT2D eigenvalue weighted by Gasteiger charge is -2.26. The monoisotopic (exact) mass is 687 g/mol. The lowest BCUT2D eigenvalue weighted by molar-refractivity contribution is -0.138. The number of rotatable bonds is 9. The third-order valence-corrected chi connectivity index (χ3v) is 9.89. The lowest BCUT2D eigenvalue weighted by atomic mass is 9.93. The van der Waals surface area contributed by atoms with E-state index in [0.717, 1.165) is 33.3 Å². The SMILES string of the molecule is CCOC(=O)C1=C(c2ccccc2)N=c2s/c(=C\c3c(C)n(Cc4ccc(F)cc4)c4ccccc34)c(=O)n2[C@@H]1c1ccc(OC)c(OC)c1. The van der Waals surface area contributed by atoms with Crippen LogP contribution in [0.25, 0.3) is 22.7 Å². The molecule has 2 aromatic heterocycles. The summed E-state index contributed by atoms with van der Waals surface area (Å²) in [7, 11) is 3.09. The van der Waals surface area contributed by atoms with Gasteiger partial charge >= 0.3 is 5.97 Å². The number of carbonyl (C=O) groups is 1. The highest BCUT2D eigenvalue weighted by Crippen LogP contribution is 2.38. The molecule has 1 aliphatic rings. The molecular weight excluding hydrogens is 654 g/mol. The minimum Gasteiger partial charge on any atom is -0.493 e. The van der Waals surface area contributed by atoms with E-state index in [4.69, 9.17) is 19.2 Å². The molecule has 6 aromatic rings. The molecule has 7 rings (SSSR count). The van der Waals surface area contributed by atoms with Gasteiger partial charge in [0.2, 0.25) is 0 Å². The van der Waals surface area contributed by atoms with Crippen LogP contribution in [0.5, 0.6) is 11.5 Å². The van der Waals surface area contributed by atoms with Gasteiger partial charge in [-0.2, -0.15) is 0 Å². The largest absolute Gasteiger partial charge is 0.493 e. The maximum atomic E-state index is 14.6. The van der Waals surface area contributed by atoms with Crippen LogP contribution in [-0.4, -0.2) is 35.9 Å². The molecule has 8 nitrogen and oxygen atoms in total. The van der Waals surface area contributed by atoms with Gasteiger partial charge in [0.15, 0.2) is 16.3 Å². The maximum absolute atomic E-state index is 14.6. The summed E-state index contributed by atoms with van der Waals surface area (Å²) in [6.45, 7) is 4.44. The van der Waals surface area contributed by atoms with Crippen molar-refractivity contribution in [1.29, 1.82) is 0 Å². The first kappa shape index (κ1) is 32.8. The molecule has 10 heteroatoms. The summed E-state index contributed by atoms with van der Waals surface area (Å²) >= 11 is 1.27. The molecule has 0 unspecified atom stereocenters. The highest BCUT2D eigenvalue weighted by Gasteiger charge is 2.35. The molecule has 0 N–H and O–H groups in total. The van der Waals surface area contributed by atoms with Crippen LogP contribution in [0.3, 0.4) is 0 Å². The fraction of sp³-hybridized carbons (Fsp3) is 0.175. The summed E-state index contributed by atoms with van der Waals surface area (Å²) in [4.78, 5) is 33.9. The summed E-state index contributed by atoms with van der Waals surface area (Å²) in [6, 6.07) is 28.4. The molecule has 1 aliphatic heterocycles. The van der Waals surface area contributed by atoms with Crippen LogP contribution in [-0.2, 0) is 16.1 Å². The second-order valence-electron chi connectivity index (χ2n) is 11.8. The second-order valence-corrected chi connectivity index (χ2v) is 12.8. The van der Waals surface area contributed by atoms with Crippen molar-refractivity contribution in [2.75, 3.05) is 20.8 Å². The molecule has 4 aromatic carbocycles. The number of thiazole rings is 1. The van der Waals surface area contributed by atoms with Crippen molar-refractivity contribution >= 4 is 40.0 Å². The van der Waals surface area contributed by atoms with Crippen LogP contribution in [0.4, 0.5) is 4.39 Å². The van der Waals surface area contributed by atoms with Gasteiger partial charge in [-0.15, -0.1) is 0 Å². The van der Waals surface area contributed by atoms with Crippen molar-refractivity contribution in [3.8, 4) is 11.5 Å². The summed E-state index contributed by atoms with van der Waals surface area (Å²) in [5.41, 5.74) is 5.53. The molecule has 0 radical (unpaired) electrons. The van der Waals surface area contributed by atoms with Crippen molar-refractivity contribution < 1.29 is 23.4 Å². The van der Waals surface area contributed by atoms with Crippen LogP contribution in [0.15, 0.2) is 112 Å². The average molecular weight is 688 g/mol. The summed E-state index contributed by atoms with van der Waals surface area (Å²) in [6.07, 6.45) is 1.91. The number of aromatic nitrogens is 2. The summed E-state index contributed by atoms with van der Waals surface area (Å²) in [5.74, 6) is 0.120. The van der Waals surface area contributed by atoms with Gasteiger partial charge in [0, 0.05) is 34.3 Å². The Labute approximate surface area is 291 Å². The molecule has 3 heterocycles. The van der Waals surface area contributed by atoms with Crippen LogP contribution >= 0.6 is 11.3 Å². The third-order valence-electron chi connectivity index (χ3n) is 8.91. The quantitative estimate of drug-likeness (QED) is 0.164. The zero-order valence-corrected chi connectivity index (χ0v) is 28.8. The van der Waals surface area contributed by atoms with E-state index < -0.39 is 12.0 Å². The normalized spacial score (nSPS) is 14.4. The summed E-state index contributed by atoms with van der Waals surface area (Å²) < 4.78 is 34.6. The second kappa shape index (κ2) is 13.6. The molecule has 0 bridgehead atoms. The Balaban J connectivity index is 1.48. The van der Waals surface area contributed by atoms with E-state index >= 15 is 0 Å². The number of halogens is 1. The number of ether oxygens (including phenoxy) is 3. The lowest BCUT2D eigenvalue weighted by Crippen LogP contribution is -2.40. The van der Waals surface area contributed by atoms with Gasteiger partial charge < -0.3 is 18.8 Å². The van der Waals surface area contributed by atoms with Gasteiger partial charge in [-0.3, -0.25) is 9.36 Å². The number of hydrogen-bond acceptors (Lipinski definition) is 7. The van der Waals surface area contributed by atoms with E-state index in [9.17, 15) is 14.0 Å². The number of carbonyl (C=O) groups excluding carboxylic acids is 1. The van der Waals surface area contributed by atoms with Gasteiger partial charge in [-0.05, 0) is 61.4 Å². The Morgan fingerprint density at radius 3 is 2.38 bits per heavy atom. The van der Waals surface area contributed by atoms with Crippen LogP contribution < -0.4 is 24.4 Å². The standard InChI is InChI=1S/C40H34FN3O5S/c1-5-49-39(46)35-36(26-11-7-6-8-12-26)42-40-44(37(35)27-17-20-32(47-3)33(21-27)48-4)38(45)34(50-40)22-30-24(2)43(31-14-10-9-13-29(30)31)23-25-15-18-28(41)19-16-25/h6-22,37H,5,23H2,1-4H3/b34-22-/t37-/m1/s1. The van der Waals surface area contributed by atoms with Gasteiger partial charge in [0.25, 0.3) is 5.56 Å². The predicted octanol–water partition coefficient (Wildman–Crippen LogP) is 6.40. The third kappa shape index (κ3) is 5.81. The number of esters is 1. The van der Waals surface area contributed by atoms with Crippen LogP contribution in [0.2, 0.25) is 0 Å². The Kier molecular flexibility index (Phi) is 8.95. The number of para-hydroxylation sites is 1. The number of methoxy groups -OCH3 is 2. The van der Waals surface area contributed by atoms with Gasteiger partial charge in [-0.1, -0.05) is 78.1 Å². The molecule has 252 valence electrons. The van der Waals surface area contributed by atoms with Crippen molar-refractivity contribution in [3.63, 3.8) is 0 Å². The van der Waals surface area contributed by atoms with E-state index in [1.165, 1.54) is 23.5 Å². The first-order chi connectivity index (χ1) is 24.3. The zero-order chi connectivity index (χ0) is 34.9.